The predicted octanol–water partition coefficient (Wildman–Crippen LogP) is 1.45. The lowest BCUT2D eigenvalue weighted by atomic mass is 10.3. The zero-order valence-corrected chi connectivity index (χ0v) is 18.0. The summed E-state index contributed by atoms with van der Waals surface area (Å²) >= 11 is 1.12. The summed E-state index contributed by atoms with van der Waals surface area (Å²) in [6, 6.07) is 6.18. The number of amides is 1. The lowest BCUT2D eigenvalue weighted by molar-refractivity contribution is -0.143. The third kappa shape index (κ3) is 4.46. The summed E-state index contributed by atoms with van der Waals surface area (Å²) in [5.41, 5.74) is 1.57. The number of aryl methyl sites for hydroxylation is 2. The van der Waals surface area contributed by atoms with Crippen LogP contribution in [0.2, 0.25) is 0 Å². The van der Waals surface area contributed by atoms with Crippen molar-refractivity contribution in [2.75, 3.05) is 12.9 Å². The highest BCUT2D eigenvalue weighted by Crippen LogP contribution is 2.22. The lowest BCUT2D eigenvalue weighted by Crippen LogP contribution is -2.23. The third-order valence-corrected chi connectivity index (χ3v) is 6.36. The SMILES string of the molecule is CCOC(=O)Cn1c(=NC(=O)c2cc(C)n(C)n2)sc2cc(S(C)(=O)=O)ccc21. The predicted molar refractivity (Wildman–Crippen MR) is 107 cm³/mol. The molecule has 3 rings (SSSR count). The first-order valence-electron chi connectivity index (χ1n) is 8.69. The van der Waals surface area contributed by atoms with E-state index in [4.69, 9.17) is 4.74 Å². The Labute approximate surface area is 171 Å². The van der Waals surface area contributed by atoms with Crippen molar-refractivity contribution >= 4 is 43.3 Å². The van der Waals surface area contributed by atoms with Crippen LogP contribution < -0.4 is 4.80 Å². The summed E-state index contributed by atoms with van der Waals surface area (Å²) < 4.78 is 32.4. The Bertz CT molecular complexity index is 1260. The fourth-order valence-corrected chi connectivity index (χ4v) is 4.46. The molecule has 0 atom stereocenters. The van der Waals surface area contributed by atoms with Crippen molar-refractivity contribution in [3.63, 3.8) is 0 Å². The number of aromatic nitrogens is 3. The van der Waals surface area contributed by atoms with Gasteiger partial charge in [0.05, 0.1) is 21.7 Å². The first kappa shape index (κ1) is 20.9. The maximum absolute atomic E-state index is 12.6. The average molecular weight is 437 g/mol. The van der Waals surface area contributed by atoms with Gasteiger partial charge in [0.2, 0.25) is 0 Å². The van der Waals surface area contributed by atoms with Crippen LogP contribution in [0.3, 0.4) is 0 Å². The van der Waals surface area contributed by atoms with Crippen LogP contribution in [-0.2, 0) is 33.0 Å². The lowest BCUT2D eigenvalue weighted by Gasteiger charge is -2.05. The van der Waals surface area contributed by atoms with E-state index in [0.29, 0.717) is 10.2 Å². The molecular formula is C18H20N4O5S2. The molecule has 11 heteroatoms. The first-order chi connectivity index (χ1) is 13.6. The minimum absolute atomic E-state index is 0.146. The molecule has 2 heterocycles. The van der Waals surface area contributed by atoms with Crippen LogP contribution in [-0.4, -0.2) is 47.5 Å². The van der Waals surface area contributed by atoms with Crippen LogP contribution in [0.15, 0.2) is 34.2 Å². The first-order valence-corrected chi connectivity index (χ1v) is 11.4. The average Bonchev–Trinajstić information content (AvgIpc) is 3.14. The van der Waals surface area contributed by atoms with Gasteiger partial charge in [-0.05, 0) is 38.1 Å². The number of benzene rings is 1. The highest BCUT2D eigenvalue weighted by Gasteiger charge is 2.16. The molecule has 0 saturated carbocycles. The fourth-order valence-electron chi connectivity index (χ4n) is 2.67. The van der Waals surface area contributed by atoms with Gasteiger partial charge < -0.3 is 9.30 Å². The second-order valence-electron chi connectivity index (χ2n) is 6.39. The van der Waals surface area contributed by atoms with Gasteiger partial charge in [0, 0.05) is 19.0 Å². The van der Waals surface area contributed by atoms with Crippen LogP contribution in [0.1, 0.15) is 23.1 Å². The van der Waals surface area contributed by atoms with Crippen molar-refractivity contribution in [1.29, 1.82) is 0 Å². The highest BCUT2D eigenvalue weighted by atomic mass is 32.2. The number of ether oxygens (including phenoxy) is 1. The van der Waals surface area contributed by atoms with Crippen LogP contribution in [0, 0.1) is 6.92 Å². The Morgan fingerprint density at radius 3 is 2.59 bits per heavy atom. The van der Waals surface area contributed by atoms with Crippen molar-refractivity contribution in [3.05, 3.63) is 40.5 Å². The van der Waals surface area contributed by atoms with E-state index in [1.165, 1.54) is 16.7 Å². The largest absolute Gasteiger partial charge is 0.465 e. The maximum atomic E-state index is 12.6. The molecule has 0 saturated heterocycles. The van der Waals surface area contributed by atoms with Crippen LogP contribution in [0.25, 0.3) is 10.2 Å². The summed E-state index contributed by atoms with van der Waals surface area (Å²) in [4.78, 5) is 29.2. The van der Waals surface area contributed by atoms with Gasteiger partial charge in [-0.1, -0.05) is 11.3 Å². The van der Waals surface area contributed by atoms with Gasteiger partial charge in [-0.15, -0.1) is 0 Å². The molecule has 2 aromatic heterocycles. The summed E-state index contributed by atoms with van der Waals surface area (Å²) in [7, 11) is -1.68. The molecule has 1 aromatic carbocycles. The molecule has 9 nitrogen and oxygen atoms in total. The van der Waals surface area contributed by atoms with E-state index in [-0.39, 0.29) is 28.5 Å². The van der Waals surface area contributed by atoms with E-state index < -0.39 is 21.7 Å². The zero-order chi connectivity index (χ0) is 21.3. The Morgan fingerprint density at radius 2 is 2.00 bits per heavy atom. The smallest absolute Gasteiger partial charge is 0.326 e. The Hall–Kier alpha value is -2.79. The van der Waals surface area contributed by atoms with Gasteiger partial charge in [0.15, 0.2) is 20.3 Å². The van der Waals surface area contributed by atoms with Crippen LogP contribution >= 0.6 is 11.3 Å². The summed E-state index contributed by atoms with van der Waals surface area (Å²) in [5.74, 6) is -1.04. The zero-order valence-electron chi connectivity index (χ0n) is 16.4. The summed E-state index contributed by atoms with van der Waals surface area (Å²) in [5, 5.41) is 4.12. The molecule has 0 N–H and O–H groups in total. The number of rotatable bonds is 5. The van der Waals surface area contributed by atoms with Gasteiger partial charge in [0.25, 0.3) is 5.91 Å². The highest BCUT2D eigenvalue weighted by molar-refractivity contribution is 7.90. The monoisotopic (exact) mass is 436 g/mol. The number of hydrogen-bond acceptors (Lipinski definition) is 7. The summed E-state index contributed by atoms with van der Waals surface area (Å²) in [6.07, 6.45) is 1.12. The molecule has 0 fully saturated rings. The number of carbonyl (C=O) groups excluding carboxylic acids is 2. The number of nitrogens with zero attached hydrogens (tertiary/aromatic N) is 4. The topological polar surface area (TPSA) is 113 Å². The maximum Gasteiger partial charge on any atom is 0.326 e. The molecule has 1 amide bonds. The minimum atomic E-state index is -3.40. The summed E-state index contributed by atoms with van der Waals surface area (Å²) in [6.45, 7) is 3.58. The molecule has 0 aliphatic heterocycles. The van der Waals surface area contributed by atoms with E-state index in [9.17, 15) is 18.0 Å². The quantitative estimate of drug-likeness (QED) is 0.560. The molecule has 3 aromatic rings. The molecule has 154 valence electrons. The molecule has 29 heavy (non-hydrogen) atoms. The van der Waals surface area contributed by atoms with Crippen molar-refractivity contribution < 1.29 is 22.7 Å². The Balaban J connectivity index is 2.17. The number of thiazole rings is 1. The van der Waals surface area contributed by atoms with Crippen molar-refractivity contribution in [2.45, 2.75) is 25.3 Å². The van der Waals surface area contributed by atoms with Gasteiger partial charge in [0.1, 0.15) is 6.54 Å². The minimum Gasteiger partial charge on any atom is -0.465 e. The third-order valence-electron chi connectivity index (χ3n) is 4.20. The van der Waals surface area contributed by atoms with Gasteiger partial charge in [-0.2, -0.15) is 10.1 Å². The molecule has 0 radical (unpaired) electrons. The van der Waals surface area contributed by atoms with Crippen LogP contribution in [0.5, 0.6) is 0 Å². The molecule has 0 aliphatic carbocycles. The number of carbonyl (C=O) groups is 2. The van der Waals surface area contributed by atoms with E-state index in [2.05, 4.69) is 10.1 Å². The number of fused-ring (bicyclic) bond motifs is 1. The van der Waals surface area contributed by atoms with Crippen LogP contribution in [0.4, 0.5) is 0 Å². The molecule has 0 bridgehead atoms. The van der Waals surface area contributed by atoms with E-state index in [0.717, 1.165) is 23.3 Å². The van der Waals surface area contributed by atoms with Gasteiger partial charge in [-0.25, -0.2) is 8.42 Å². The number of sulfone groups is 1. The molecule has 0 spiro atoms. The Morgan fingerprint density at radius 1 is 1.28 bits per heavy atom. The van der Waals surface area contributed by atoms with Gasteiger partial charge in [-0.3, -0.25) is 14.3 Å². The van der Waals surface area contributed by atoms with E-state index >= 15 is 0 Å². The second-order valence-corrected chi connectivity index (χ2v) is 9.41. The van der Waals surface area contributed by atoms with E-state index in [1.807, 2.05) is 6.92 Å². The fraction of sp³-hybridized carbons (Fsp3) is 0.333. The van der Waals surface area contributed by atoms with Gasteiger partial charge >= 0.3 is 5.97 Å². The number of hydrogen-bond donors (Lipinski definition) is 0. The Kier molecular flexibility index (Phi) is 5.71. The normalized spacial score (nSPS) is 12.5. The standard InChI is InChI=1S/C18H20N4O5S2/c1-5-27-16(23)10-22-14-7-6-12(29(4,25)26)9-15(14)28-18(22)19-17(24)13-8-11(2)21(3)20-13/h6-9H,5,10H2,1-4H3. The van der Waals surface area contributed by atoms with Crippen molar-refractivity contribution in [1.82, 2.24) is 14.3 Å². The molecule has 0 aliphatic rings. The molecular weight excluding hydrogens is 416 g/mol. The van der Waals surface area contributed by atoms with Crippen molar-refractivity contribution in [2.24, 2.45) is 12.0 Å². The van der Waals surface area contributed by atoms with Crippen molar-refractivity contribution in [3.8, 4) is 0 Å². The van der Waals surface area contributed by atoms with E-state index in [1.54, 1.807) is 30.8 Å². The molecule has 0 unspecified atom stereocenters. The number of esters is 1. The second kappa shape index (κ2) is 7.91.